The predicted molar refractivity (Wildman–Crippen MR) is 239 cm³/mol. The molecule has 0 saturated heterocycles. The smallest absolute Gasteiger partial charge is 0.159 e. The summed E-state index contributed by atoms with van der Waals surface area (Å²) >= 11 is 0. The average Bonchev–Trinajstić information content (AvgIpc) is 3.86. The van der Waals surface area contributed by atoms with Gasteiger partial charge in [-0.1, -0.05) is 152 Å². The van der Waals surface area contributed by atoms with Crippen molar-refractivity contribution in [2.75, 3.05) is 0 Å². The molecule has 6 heteroatoms. The number of para-hydroxylation sites is 1. The van der Waals surface area contributed by atoms with E-state index in [1.165, 1.54) is 21.5 Å². The molecule has 12 rings (SSSR count). The number of hydrogen-bond donors (Lipinski definition) is 2. The van der Waals surface area contributed by atoms with Crippen LogP contribution in [0, 0.1) is 0 Å². The first-order valence-corrected chi connectivity index (χ1v) is 19.7. The number of nitrogens with zero attached hydrogens (tertiary/aromatic N) is 3. The molecule has 6 nitrogen and oxygen atoms in total. The lowest BCUT2D eigenvalue weighted by Crippen LogP contribution is -2.33. The molecule has 10 aromatic rings. The largest absolute Gasteiger partial charge is 0.456 e. The Morgan fingerprint density at radius 2 is 1.28 bits per heavy atom. The Kier molecular flexibility index (Phi) is 7.25. The molecule has 0 amide bonds. The van der Waals surface area contributed by atoms with Crippen molar-refractivity contribution in [3.05, 3.63) is 204 Å². The highest BCUT2D eigenvalue weighted by Gasteiger charge is 2.27. The summed E-state index contributed by atoms with van der Waals surface area (Å²) in [4.78, 5) is 10.3. The van der Waals surface area contributed by atoms with Crippen molar-refractivity contribution >= 4 is 72.1 Å². The molecule has 2 aromatic heterocycles. The SMILES string of the molecule is C1=Cc2c(oc3c(-n4c5ccccc5c5c6ccccc6ccc54)ccc(-c4ccc(C5N=C(c6ccccc6)N=C(c6ccccc6)N5)c5ccccc45)c23)CN1. The molecule has 1 atom stereocenters. The van der Waals surface area contributed by atoms with Gasteiger partial charge in [0.05, 0.1) is 23.3 Å². The maximum absolute atomic E-state index is 6.96. The number of nitrogens with one attached hydrogen (secondary N) is 2. The summed E-state index contributed by atoms with van der Waals surface area (Å²) in [6, 6.07) is 60.1. The van der Waals surface area contributed by atoms with Crippen LogP contribution in [0.15, 0.2) is 190 Å². The lowest BCUT2D eigenvalue weighted by atomic mass is 9.90. The van der Waals surface area contributed by atoms with Crippen LogP contribution in [-0.4, -0.2) is 16.2 Å². The molecule has 58 heavy (non-hydrogen) atoms. The Morgan fingerprint density at radius 1 is 0.569 bits per heavy atom. The van der Waals surface area contributed by atoms with E-state index in [0.29, 0.717) is 12.4 Å². The van der Waals surface area contributed by atoms with E-state index in [1.54, 1.807) is 0 Å². The van der Waals surface area contributed by atoms with Gasteiger partial charge >= 0.3 is 0 Å². The topological polar surface area (TPSA) is 66.8 Å². The standard InChI is InChI=1S/C52H35N5O/c1-3-14-33(15-4-1)50-54-51(34-16-5-2-6-17-34)56-52(55-50)40-25-24-38(36-19-9-10-20-37(36)40)39-26-28-45(49-48(39)42-29-30-53-31-46(42)58-49)57-43-22-12-11-21-41(43)47-35-18-8-7-13-32(35)23-27-44(47)57/h1-30,52-53H,31H2,(H,54,55,56). The lowest BCUT2D eigenvalue weighted by molar-refractivity contribution is 0.531. The summed E-state index contributed by atoms with van der Waals surface area (Å²) in [6.07, 6.45) is 3.83. The molecule has 4 heterocycles. The summed E-state index contributed by atoms with van der Waals surface area (Å²) in [7, 11) is 0. The first-order valence-electron chi connectivity index (χ1n) is 19.7. The molecule has 0 radical (unpaired) electrons. The van der Waals surface area contributed by atoms with Gasteiger partial charge in [0.2, 0.25) is 0 Å². The third-order valence-corrected chi connectivity index (χ3v) is 11.7. The fraction of sp³-hybridized carbons (Fsp3) is 0.0385. The van der Waals surface area contributed by atoms with Crippen LogP contribution in [0.4, 0.5) is 0 Å². The van der Waals surface area contributed by atoms with Gasteiger partial charge in [-0.05, 0) is 63.1 Å². The molecule has 0 fully saturated rings. The van der Waals surface area contributed by atoms with E-state index in [1.807, 2.05) is 42.6 Å². The minimum absolute atomic E-state index is 0.355. The molecular weight excluding hydrogens is 711 g/mol. The Bertz CT molecular complexity index is 3370. The first-order chi connectivity index (χ1) is 28.8. The van der Waals surface area contributed by atoms with E-state index in [0.717, 1.165) is 83.4 Å². The Labute approximate surface area is 334 Å². The molecule has 2 aliphatic heterocycles. The second kappa shape index (κ2) is 12.9. The summed E-state index contributed by atoms with van der Waals surface area (Å²) < 4.78 is 9.34. The zero-order valence-corrected chi connectivity index (χ0v) is 31.4. The maximum atomic E-state index is 6.96. The van der Waals surface area contributed by atoms with Crippen molar-refractivity contribution < 1.29 is 4.42 Å². The van der Waals surface area contributed by atoms with Crippen molar-refractivity contribution in [1.29, 1.82) is 0 Å². The zero-order chi connectivity index (χ0) is 38.2. The van der Waals surface area contributed by atoms with Crippen LogP contribution in [0.2, 0.25) is 0 Å². The third kappa shape index (κ3) is 4.98. The highest BCUT2D eigenvalue weighted by atomic mass is 16.3. The van der Waals surface area contributed by atoms with Gasteiger partial charge in [0.15, 0.2) is 11.4 Å². The molecule has 2 N–H and O–H groups in total. The minimum Gasteiger partial charge on any atom is -0.456 e. The van der Waals surface area contributed by atoms with Gasteiger partial charge in [0, 0.05) is 38.4 Å². The number of rotatable bonds is 5. The van der Waals surface area contributed by atoms with E-state index in [2.05, 4.69) is 155 Å². The number of aromatic nitrogens is 1. The van der Waals surface area contributed by atoms with Gasteiger partial charge in [-0.25, -0.2) is 9.98 Å². The van der Waals surface area contributed by atoms with Crippen LogP contribution in [0.25, 0.3) is 77.2 Å². The summed E-state index contributed by atoms with van der Waals surface area (Å²) in [5.41, 5.74) is 10.6. The number of furan rings is 1. The summed E-state index contributed by atoms with van der Waals surface area (Å²) in [6.45, 7) is 0.622. The van der Waals surface area contributed by atoms with Crippen molar-refractivity contribution in [1.82, 2.24) is 15.2 Å². The van der Waals surface area contributed by atoms with E-state index < -0.39 is 0 Å². The Balaban J connectivity index is 1.07. The predicted octanol–water partition coefficient (Wildman–Crippen LogP) is 12.1. The van der Waals surface area contributed by atoms with Crippen LogP contribution in [0.5, 0.6) is 0 Å². The van der Waals surface area contributed by atoms with Gasteiger partial charge in [-0.3, -0.25) is 0 Å². The van der Waals surface area contributed by atoms with Crippen molar-refractivity contribution in [2.45, 2.75) is 12.7 Å². The molecule has 2 aliphatic rings. The number of hydrogen-bond acceptors (Lipinski definition) is 5. The lowest BCUT2D eigenvalue weighted by Gasteiger charge is -2.25. The molecular formula is C52H35N5O. The third-order valence-electron chi connectivity index (χ3n) is 11.7. The second-order valence-corrected chi connectivity index (χ2v) is 15.0. The first kappa shape index (κ1) is 32.5. The van der Waals surface area contributed by atoms with Crippen LogP contribution in [0.1, 0.15) is 34.2 Å². The molecule has 0 bridgehead atoms. The maximum Gasteiger partial charge on any atom is 0.159 e. The number of amidine groups is 2. The van der Waals surface area contributed by atoms with Gasteiger partial charge in [0.1, 0.15) is 17.8 Å². The average molecular weight is 746 g/mol. The summed E-state index contributed by atoms with van der Waals surface area (Å²) in [5, 5.41) is 15.4. The van der Waals surface area contributed by atoms with Crippen LogP contribution >= 0.6 is 0 Å². The number of aliphatic imine (C=N–C) groups is 2. The zero-order valence-electron chi connectivity index (χ0n) is 31.4. The second-order valence-electron chi connectivity index (χ2n) is 15.0. The number of benzene rings is 8. The van der Waals surface area contributed by atoms with E-state index in [-0.39, 0.29) is 6.17 Å². The van der Waals surface area contributed by atoms with Crippen molar-refractivity contribution in [3.63, 3.8) is 0 Å². The van der Waals surface area contributed by atoms with Gasteiger partial charge in [-0.2, -0.15) is 0 Å². The molecule has 8 aromatic carbocycles. The fourth-order valence-electron chi connectivity index (χ4n) is 9.13. The van der Waals surface area contributed by atoms with Crippen LogP contribution in [0.3, 0.4) is 0 Å². The van der Waals surface area contributed by atoms with E-state index >= 15 is 0 Å². The summed E-state index contributed by atoms with van der Waals surface area (Å²) in [5.74, 6) is 2.44. The monoisotopic (exact) mass is 745 g/mol. The van der Waals surface area contributed by atoms with Gasteiger partial charge in [-0.15, -0.1) is 0 Å². The molecule has 0 saturated carbocycles. The van der Waals surface area contributed by atoms with E-state index in [4.69, 9.17) is 14.4 Å². The normalized spacial score (nSPS) is 15.1. The van der Waals surface area contributed by atoms with Crippen molar-refractivity contribution in [3.8, 4) is 16.8 Å². The van der Waals surface area contributed by atoms with Gasteiger partial charge < -0.3 is 19.6 Å². The van der Waals surface area contributed by atoms with Gasteiger partial charge in [0.25, 0.3) is 0 Å². The fourth-order valence-corrected chi connectivity index (χ4v) is 9.13. The number of fused-ring (bicyclic) bond motifs is 9. The molecule has 0 spiro atoms. The van der Waals surface area contributed by atoms with Crippen molar-refractivity contribution in [2.24, 2.45) is 9.98 Å². The quantitative estimate of drug-likeness (QED) is 0.184. The highest BCUT2D eigenvalue weighted by molar-refractivity contribution is 6.22. The Morgan fingerprint density at radius 3 is 2.12 bits per heavy atom. The molecule has 274 valence electrons. The van der Waals surface area contributed by atoms with Crippen LogP contribution in [-0.2, 0) is 6.54 Å². The van der Waals surface area contributed by atoms with E-state index in [9.17, 15) is 0 Å². The molecule has 0 aliphatic carbocycles. The molecule has 1 unspecified atom stereocenters. The Hall–Kier alpha value is -7.70. The minimum atomic E-state index is -0.355. The highest BCUT2D eigenvalue weighted by Crippen LogP contribution is 2.45. The van der Waals surface area contributed by atoms with Crippen LogP contribution < -0.4 is 10.6 Å².